The summed E-state index contributed by atoms with van der Waals surface area (Å²) in [4.78, 5) is 25.9. The Labute approximate surface area is 243 Å². The van der Waals surface area contributed by atoms with E-state index in [0.717, 1.165) is 55.0 Å². The first-order valence-corrected chi connectivity index (χ1v) is 14.4. The van der Waals surface area contributed by atoms with Crippen molar-refractivity contribution in [2.45, 2.75) is 66.0 Å². The normalized spacial score (nSPS) is 20.5. The molecule has 0 radical (unpaired) electrons. The van der Waals surface area contributed by atoms with Gasteiger partial charge >= 0.3 is 11.9 Å². The van der Waals surface area contributed by atoms with Gasteiger partial charge in [0.2, 0.25) is 0 Å². The average Bonchev–Trinajstić information content (AvgIpc) is 2.95. The zero-order chi connectivity index (χ0) is 29.7. The van der Waals surface area contributed by atoms with Gasteiger partial charge in [-0.15, -0.1) is 0 Å². The van der Waals surface area contributed by atoms with Gasteiger partial charge in [0.15, 0.2) is 11.5 Å². The van der Waals surface area contributed by atoms with Crippen LogP contribution in [0.3, 0.4) is 0 Å². The van der Waals surface area contributed by atoms with E-state index < -0.39 is 11.4 Å². The smallest absolute Gasteiger partial charge is 0.316 e. The van der Waals surface area contributed by atoms with Crippen molar-refractivity contribution in [1.82, 2.24) is 4.90 Å². The third kappa shape index (κ3) is 7.39. The average molecular weight is 562 g/mol. The summed E-state index contributed by atoms with van der Waals surface area (Å²) in [6.45, 7) is 9.32. The number of benzene rings is 2. The number of esters is 1. The lowest BCUT2D eigenvalue weighted by Crippen LogP contribution is -2.44. The molecule has 2 aromatic carbocycles. The summed E-state index contributed by atoms with van der Waals surface area (Å²) in [5.74, 6) is 1.66. The van der Waals surface area contributed by atoms with Gasteiger partial charge in [0, 0.05) is 18.5 Å². The molecule has 0 heterocycles. The fraction of sp³-hybridized carbons (Fsp3) is 0.471. The summed E-state index contributed by atoms with van der Waals surface area (Å²) in [5.41, 5.74) is 3.92. The van der Waals surface area contributed by atoms with Crippen molar-refractivity contribution in [1.29, 1.82) is 0 Å². The maximum Gasteiger partial charge on any atom is 0.316 e. The van der Waals surface area contributed by atoms with E-state index in [9.17, 15) is 9.59 Å². The molecule has 4 rings (SSSR count). The highest BCUT2D eigenvalue weighted by molar-refractivity contribution is 5.78. The molecule has 0 fully saturated rings. The summed E-state index contributed by atoms with van der Waals surface area (Å²) in [6.07, 6.45) is 7.30. The first kappa shape index (κ1) is 30.4. The molecule has 7 nitrogen and oxygen atoms in total. The molecule has 2 aliphatic carbocycles. The molecule has 220 valence electrons. The number of aliphatic carboxylic acids is 1. The number of carbonyl (C=O) groups excluding carboxylic acids is 1. The minimum atomic E-state index is -0.827. The number of likely N-dealkylation sites (N-methyl/N-ethyl adjacent to an activating group) is 1. The van der Waals surface area contributed by atoms with Gasteiger partial charge < -0.3 is 19.3 Å². The predicted molar refractivity (Wildman–Crippen MR) is 158 cm³/mol. The van der Waals surface area contributed by atoms with Gasteiger partial charge in [-0.3, -0.25) is 14.5 Å². The SMILES string of the molecule is CCN(Cc1ccc(CC(=O)O)cc1)C1C=C(OC)C(OC)=CC1[C@@H]1CCc2cc(OC(=O)C(C)(C)C)ccc2C1. The van der Waals surface area contributed by atoms with Crippen molar-refractivity contribution in [3.63, 3.8) is 0 Å². The van der Waals surface area contributed by atoms with Crippen LogP contribution in [0.5, 0.6) is 5.75 Å². The molecule has 0 saturated carbocycles. The minimum absolute atomic E-state index is 0.0245. The molecule has 3 atom stereocenters. The van der Waals surface area contributed by atoms with Crippen molar-refractivity contribution >= 4 is 11.9 Å². The highest BCUT2D eigenvalue weighted by Crippen LogP contribution is 2.40. The van der Waals surface area contributed by atoms with E-state index in [1.165, 1.54) is 11.1 Å². The summed E-state index contributed by atoms with van der Waals surface area (Å²) in [6, 6.07) is 14.0. The van der Waals surface area contributed by atoms with Crippen LogP contribution in [0.25, 0.3) is 0 Å². The molecule has 2 aliphatic rings. The van der Waals surface area contributed by atoms with Crippen LogP contribution in [0.1, 0.15) is 56.4 Å². The molecule has 0 saturated heterocycles. The molecule has 0 aliphatic heterocycles. The monoisotopic (exact) mass is 561 g/mol. The van der Waals surface area contributed by atoms with Gasteiger partial charge in [0.1, 0.15) is 5.75 Å². The fourth-order valence-corrected chi connectivity index (χ4v) is 5.82. The minimum Gasteiger partial charge on any atom is -0.493 e. The number of hydrogen-bond donors (Lipinski definition) is 1. The largest absolute Gasteiger partial charge is 0.493 e. The fourth-order valence-electron chi connectivity index (χ4n) is 5.82. The highest BCUT2D eigenvalue weighted by Gasteiger charge is 2.37. The van der Waals surface area contributed by atoms with E-state index in [0.29, 0.717) is 11.7 Å². The van der Waals surface area contributed by atoms with Crippen LogP contribution in [0, 0.1) is 17.3 Å². The van der Waals surface area contributed by atoms with Gasteiger partial charge in [0.25, 0.3) is 0 Å². The third-order valence-corrected chi connectivity index (χ3v) is 8.15. The maximum atomic E-state index is 12.4. The van der Waals surface area contributed by atoms with Crippen LogP contribution in [-0.2, 0) is 44.9 Å². The number of rotatable bonds is 10. The van der Waals surface area contributed by atoms with E-state index in [2.05, 4.69) is 30.0 Å². The molecule has 0 spiro atoms. The Hall–Kier alpha value is -3.58. The number of nitrogens with zero attached hydrogens (tertiary/aromatic N) is 1. The lowest BCUT2D eigenvalue weighted by molar-refractivity contribution is -0.143. The topological polar surface area (TPSA) is 85.3 Å². The summed E-state index contributed by atoms with van der Waals surface area (Å²) in [7, 11) is 3.36. The lowest BCUT2D eigenvalue weighted by Gasteiger charge is -2.41. The van der Waals surface area contributed by atoms with Crippen molar-refractivity contribution in [3.05, 3.63) is 88.4 Å². The zero-order valence-corrected chi connectivity index (χ0v) is 25.1. The number of fused-ring (bicyclic) bond motifs is 1. The Morgan fingerprint density at radius 2 is 1.61 bits per heavy atom. The van der Waals surface area contributed by atoms with Crippen LogP contribution in [-0.4, -0.2) is 48.8 Å². The Balaban J connectivity index is 1.56. The van der Waals surface area contributed by atoms with E-state index in [1.807, 2.05) is 57.2 Å². The second-order valence-electron chi connectivity index (χ2n) is 12.1. The number of ether oxygens (including phenoxy) is 3. The van der Waals surface area contributed by atoms with E-state index in [4.69, 9.17) is 19.3 Å². The molecule has 0 bridgehead atoms. The van der Waals surface area contributed by atoms with Gasteiger partial charge in [-0.25, -0.2) is 0 Å². The number of carboxylic acid groups (broad SMARTS) is 1. The van der Waals surface area contributed by atoms with Gasteiger partial charge in [-0.2, -0.15) is 0 Å². The molecule has 7 heteroatoms. The Bertz CT molecular complexity index is 1300. The first-order valence-electron chi connectivity index (χ1n) is 14.4. The molecular weight excluding hydrogens is 518 g/mol. The molecule has 0 aromatic heterocycles. The molecule has 2 aromatic rings. The lowest BCUT2D eigenvalue weighted by atomic mass is 9.72. The van der Waals surface area contributed by atoms with Crippen LogP contribution in [0.4, 0.5) is 0 Å². The van der Waals surface area contributed by atoms with Crippen LogP contribution in [0.15, 0.2) is 66.1 Å². The predicted octanol–water partition coefficient (Wildman–Crippen LogP) is 5.95. The number of carbonyl (C=O) groups is 2. The maximum absolute atomic E-state index is 12.4. The summed E-state index contributed by atoms with van der Waals surface area (Å²) >= 11 is 0. The summed E-state index contributed by atoms with van der Waals surface area (Å²) < 4.78 is 17.1. The van der Waals surface area contributed by atoms with Crippen LogP contribution >= 0.6 is 0 Å². The second-order valence-corrected chi connectivity index (χ2v) is 12.1. The molecular formula is C34H43NO6. The van der Waals surface area contributed by atoms with Crippen LogP contribution < -0.4 is 4.74 Å². The quantitative estimate of drug-likeness (QED) is 0.283. The van der Waals surface area contributed by atoms with Gasteiger partial charge in [0.05, 0.1) is 26.1 Å². The molecule has 0 amide bonds. The molecule has 41 heavy (non-hydrogen) atoms. The van der Waals surface area contributed by atoms with Gasteiger partial charge in [-0.05, 0) is 99.0 Å². The number of hydrogen-bond acceptors (Lipinski definition) is 6. The van der Waals surface area contributed by atoms with E-state index in [1.54, 1.807) is 14.2 Å². The molecule has 2 unspecified atom stereocenters. The van der Waals surface area contributed by atoms with E-state index >= 15 is 0 Å². The Kier molecular flexibility index (Phi) is 9.59. The number of aryl methyl sites for hydroxylation is 1. The van der Waals surface area contributed by atoms with Crippen molar-refractivity contribution in [2.24, 2.45) is 17.3 Å². The third-order valence-electron chi connectivity index (χ3n) is 8.15. The highest BCUT2D eigenvalue weighted by atomic mass is 16.5. The standard InChI is InChI=1S/C34H43NO6/c1-7-35(21-23-10-8-22(9-11-23)16-32(36)37)29-20-31(40-6)30(39-5)19-28(29)26-13-12-25-18-27(15-14-24(25)17-26)41-33(38)34(2,3)4/h8-11,14-15,18-20,26,28-29H,7,12-13,16-17,21H2,1-6H3,(H,36,37)/t26-,28?,29?/m1/s1. The second kappa shape index (κ2) is 12.9. The Morgan fingerprint density at radius 1 is 0.951 bits per heavy atom. The van der Waals surface area contributed by atoms with Crippen molar-refractivity contribution in [3.8, 4) is 5.75 Å². The van der Waals surface area contributed by atoms with Gasteiger partial charge in [-0.1, -0.05) is 37.3 Å². The summed E-state index contributed by atoms with van der Waals surface area (Å²) in [5, 5.41) is 9.11. The Morgan fingerprint density at radius 3 is 2.22 bits per heavy atom. The van der Waals surface area contributed by atoms with Crippen molar-refractivity contribution < 1.29 is 28.9 Å². The van der Waals surface area contributed by atoms with Crippen molar-refractivity contribution in [2.75, 3.05) is 20.8 Å². The van der Waals surface area contributed by atoms with E-state index in [-0.39, 0.29) is 24.3 Å². The molecule has 1 N–H and O–H groups in total. The number of methoxy groups -OCH3 is 2. The zero-order valence-electron chi connectivity index (χ0n) is 25.1. The first-order chi connectivity index (χ1) is 19.5. The van der Waals surface area contributed by atoms with Crippen LogP contribution in [0.2, 0.25) is 0 Å². The number of carboxylic acids is 1.